The maximum atomic E-state index is 13.0. The fraction of sp³-hybridized carbons (Fsp3) is 0.400. The largest absolute Gasteiger partial charge is 0.490 e. The van der Waals surface area contributed by atoms with E-state index in [0.717, 1.165) is 41.8 Å². The maximum Gasteiger partial charge on any atom is 0.224 e. The summed E-state index contributed by atoms with van der Waals surface area (Å²) in [4.78, 5) is 30.7. The van der Waals surface area contributed by atoms with Gasteiger partial charge in [-0.05, 0) is 42.4 Å². The second-order valence-corrected chi connectivity index (χ2v) is 9.60. The van der Waals surface area contributed by atoms with Gasteiger partial charge < -0.3 is 10.1 Å². The molecule has 2 aromatic heterocycles. The van der Waals surface area contributed by atoms with E-state index >= 15 is 0 Å². The van der Waals surface area contributed by atoms with Gasteiger partial charge in [0.05, 0.1) is 24.4 Å². The molecule has 0 bridgehead atoms. The van der Waals surface area contributed by atoms with Crippen LogP contribution >= 0.6 is 0 Å². The molecule has 1 N–H and O–H groups in total. The smallest absolute Gasteiger partial charge is 0.224 e. The fourth-order valence-electron chi connectivity index (χ4n) is 4.73. The molecule has 2 unspecified atom stereocenters. The molecule has 0 saturated heterocycles. The van der Waals surface area contributed by atoms with Gasteiger partial charge in [0, 0.05) is 30.6 Å². The number of rotatable bonds is 4. The number of amides is 1. The maximum absolute atomic E-state index is 13.0. The second kappa shape index (κ2) is 7.97. The van der Waals surface area contributed by atoms with Crippen LogP contribution in [0.4, 0.5) is 0 Å². The first-order valence-corrected chi connectivity index (χ1v) is 11.1. The molecule has 164 valence electrons. The SMILES string of the molecule is CC1Cc2cc(CC(=O)NC3CC(C)(C)Cc4nc(-c5cnccn5)ncc43)ccc2O1. The molecule has 3 aromatic rings. The van der Waals surface area contributed by atoms with Crippen LogP contribution in [0.5, 0.6) is 5.75 Å². The van der Waals surface area contributed by atoms with Gasteiger partial charge in [-0.15, -0.1) is 0 Å². The molecule has 7 nitrogen and oxygen atoms in total. The Morgan fingerprint density at radius 1 is 1.22 bits per heavy atom. The summed E-state index contributed by atoms with van der Waals surface area (Å²) in [5.74, 6) is 1.50. The van der Waals surface area contributed by atoms with Crippen LogP contribution in [0.1, 0.15) is 55.6 Å². The highest BCUT2D eigenvalue weighted by Gasteiger charge is 2.34. The molecule has 0 spiro atoms. The highest BCUT2D eigenvalue weighted by Crippen LogP contribution is 2.40. The summed E-state index contributed by atoms with van der Waals surface area (Å²) in [6.45, 7) is 6.48. The van der Waals surface area contributed by atoms with E-state index in [1.165, 1.54) is 5.56 Å². The standard InChI is InChI=1S/C25H27N5O2/c1-15-8-17-9-16(4-5-22(17)32-15)10-23(31)29-19-11-25(2,3)12-20-18(19)13-28-24(30-20)21-14-26-6-7-27-21/h4-7,9,13-15,19H,8,10-12H2,1-3H3,(H,29,31). The Morgan fingerprint density at radius 2 is 2.09 bits per heavy atom. The van der Waals surface area contributed by atoms with Crippen molar-refractivity contribution < 1.29 is 9.53 Å². The summed E-state index contributed by atoms with van der Waals surface area (Å²) in [5.41, 5.74) is 4.79. The van der Waals surface area contributed by atoms with Crippen LogP contribution in [0.3, 0.4) is 0 Å². The number of hydrogen-bond acceptors (Lipinski definition) is 6. The average Bonchev–Trinajstić information content (AvgIpc) is 3.12. The lowest BCUT2D eigenvalue weighted by Crippen LogP contribution is -2.37. The van der Waals surface area contributed by atoms with Gasteiger partial charge in [0.15, 0.2) is 5.82 Å². The molecule has 3 heterocycles. The third-order valence-corrected chi connectivity index (χ3v) is 6.13. The third kappa shape index (κ3) is 4.20. The van der Waals surface area contributed by atoms with Gasteiger partial charge in [-0.25, -0.2) is 15.0 Å². The van der Waals surface area contributed by atoms with E-state index in [1.54, 1.807) is 18.6 Å². The van der Waals surface area contributed by atoms with Crippen molar-refractivity contribution in [1.29, 1.82) is 0 Å². The van der Waals surface area contributed by atoms with Crippen molar-refractivity contribution in [3.8, 4) is 17.3 Å². The van der Waals surface area contributed by atoms with Gasteiger partial charge in [0.1, 0.15) is 17.5 Å². The molecule has 1 amide bonds. The minimum atomic E-state index is -0.116. The summed E-state index contributed by atoms with van der Waals surface area (Å²) in [6, 6.07) is 5.93. The number of nitrogens with one attached hydrogen (secondary N) is 1. The van der Waals surface area contributed by atoms with Crippen LogP contribution in [0.15, 0.2) is 43.0 Å². The lowest BCUT2D eigenvalue weighted by molar-refractivity contribution is -0.121. The van der Waals surface area contributed by atoms with Crippen molar-refractivity contribution in [3.05, 3.63) is 65.4 Å². The van der Waals surface area contributed by atoms with Crippen molar-refractivity contribution in [2.24, 2.45) is 5.41 Å². The number of fused-ring (bicyclic) bond motifs is 2. The number of ether oxygens (including phenoxy) is 1. The normalized spacial score (nSPS) is 20.7. The van der Waals surface area contributed by atoms with Crippen molar-refractivity contribution in [2.75, 3.05) is 0 Å². The Bertz CT molecular complexity index is 1160. The van der Waals surface area contributed by atoms with Gasteiger partial charge >= 0.3 is 0 Å². The van der Waals surface area contributed by atoms with Crippen LogP contribution in [0.25, 0.3) is 11.5 Å². The number of benzene rings is 1. The Kier molecular flexibility index (Phi) is 5.12. The molecule has 32 heavy (non-hydrogen) atoms. The van der Waals surface area contributed by atoms with Gasteiger partial charge in [0.25, 0.3) is 0 Å². The monoisotopic (exact) mass is 429 g/mol. The second-order valence-electron chi connectivity index (χ2n) is 9.60. The Balaban J connectivity index is 1.35. The highest BCUT2D eigenvalue weighted by atomic mass is 16.5. The van der Waals surface area contributed by atoms with Crippen LogP contribution < -0.4 is 10.1 Å². The first kappa shape index (κ1) is 20.5. The Hall–Kier alpha value is -3.35. The Labute approximate surface area is 187 Å². The van der Waals surface area contributed by atoms with Crippen molar-refractivity contribution in [1.82, 2.24) is 25.3 Å². The number of hydrogen-bond donors (Lipinski definition) is 1. The number of nitrogens with zero attached hydrogens (tertiary/aromatic N) is 4. The average molecular weight is 430 g/mol. The lowest BCUT2D eigenvalue weighted by Gasteiger charge is -2.36. The first-order valence-electron chi connectivity index (χ1n) is 11.1. The van der Waals surface area contributed by atoms with E-state index in [0.29, 0.717) is 17.9 Å². The lowest BCUT2D eigenvalue weighted by atomic mass is 9.74. The van der Waals surface area contributed by atoms with Crippen LogP contribution in [-0.4, -0.2) is 31.9 Å². The molecule has 2 atom stereocenters. The fourth-order valence-corrected chi connectivity index (χ4v) is 4.73. The molecule has 7 heteroatoms. The van der Waals surface area contributed by atoms with Crippen LogP contribution in [-0.2, 0) is 24.1 Å². The number of carbonyl (C=O) groups excluding carboxylic acids is 1. The van der Waals surface area contributed by atoms with Gasteiger partial charge in [-0.1, -0.05) is 26.0 Å². The molecule has 1 aliphatic heterocycles. The molecular weight excluding hydrogens is 402 g/mol. The summed E-state index contributed by atoms with van der Waals surface area (Å²) in [5, 5.41) is 3.24. The molecule has 2 aliphatic rings. The van der Waals surface area contributed by atoms with Gasteiger partial charge in [-0.3, -0.25) is 9.78 Å². The topological polar surface area (TPSA) is 89.9 Å². The van der Waals surface area contributed by atoms with E-state index in [-0.39, 0.29) is 23.5 Å². The molecule has 1 aromatic carbocycles. The van der Waals surface area contributed by atoms with Crippen LogP contribution in [0.2, 0.25) is 0 Å². The zero-order valence-corrected chi connectivity index (χ0v) is 18.6. The summed E-state index contributed by atoms with van der Waals surface area (Å²) in [6.07, 6.45) is 9.86. The van der Waals surface area contributed by atoms with Crippen molar-refractivity contribution in [2.45, 2.75) is 58.6 Å². The summed E-state index contributed by atoms with van der Waals surface area (Å²) in [7, 11) is 0. The molecule has 1 aliphatic carbocycles. The highest BCUT2D eigenvalue weighted by molar-refractivity contribution is 5.79. The van der Waals surface area contributed by atoms with Gasteiger partial charge in [0.2, 0.25) is 5.91 Å². The predicted octanol–water partition coefficient (Wildman–Crippen LogP) is 3.63. The predicted molar refractivity (Wildman–Crippen MR) is 120 cm³/mol. The van der Waals surface area contributed by atoms with Crippen LogP contribution in [0, 0.1) is 5.41 Å². The van der Waals surface area contributed by atoms with E-state index in [2.05, 4.69) is 47.1 Å². The summed E-state index contributed by atoms with van der Waals surface area (Å²) >= 11 is 0. The van der Waals surface area contributed by atoms with E-state index in [9.17, 15) is 4.79 Å². The summed E-state index contributed by atoms with van der Waals surface area (Å²) < 4.78 is 5.77. The quantitative estimate of drug-likeness (QED) is 0.681. The molecular formula is C25H27N5O2. The number of carbonyl (C=O) groups is 1. The first-order chi connectivity index (χ1) is 15.4. The minimum absolute atomic E-state index is 0.00330. The zero-order valence-electron chi connectivity index (χ0n) is 18.6. The van der Waals surface area contributed by atoms with E-state index in [1.807, 2.05) is 18.3 Å². The van der Waals surface area contributed by atoms with E-state index in [4.69, 9.17) is 9.72 Å². The number of aromatic nitrogens is 4. The Morgan fingerprint density at radius 3 is 2.91 bits per heavy atom. The van der Waals surface area contributed by atoms with Crippen molar-refractivity contribution in [3.63, 3.8) is 0 Å². The molecule has 5 rings (SSSR count). The third-order valence-electron chi connectivity index (χ3n) is 6.13. The molecule has 0 saturated carbocycles. The zero-order chi connectivity index (χ0) is 22.3. The molecule has 0 radical (unpaired) electrons. The van der Waals surface area contributed by atoms with E-state index < -0.39 is 0 Å². The van der Waals surface area contributed by atoms with Crippen molar-refractivity contribution >= 4 is 5.91 Å². The van der Waals surface area contributed by atoms with Gasteiger partial charge in [-0.2, -0.15) is 0 Å². The molecule has 0 fully saturated rings. The minimum Gasteiger partial charge on any atom is -0.490 e.